The third-order valence-corrected chi connectivity index (χ3v) is 4.97. The first-order valence-electron chi connectivity index (χ1n) is 7.85. The Labute approximate surface area is 149 Å². The molecular formula is C19H14N4OS. The molecule has 0 saturated carbocycles. The predicted molar refractivity (Wildman–Crippen MR) is 97.5 cm³/mol. The highest BCUT2D eigenvalue weighted by Gasteiger charge is 2.15. The Balaban J connectivity index is 1.50. The largest absolute Gasteiger partial charge is 0.325 e. The van der Waals surface area contributed by atoms with Crippen molar-refractivity contribution in [2.75, 3.05) is 11.1 Å². The van der Waals surface area contributed by atoms with Crippen molar-refractivity contribution in [3.05, 3.63) is 65.9 Å². The summed E-state index contributed by atoms with van der Waals surface area (Å²) in [6.45, 7) is 1.00. The summed E-state index contributed by atoms with van der Waals surface area (Å²) in [6, 6.07) is 16.3. The van der Waals surface area contributed by atoms with Crippen LogP contribution in [0.1, 0.15) is 15.9 Å². The summed E-state index contributed by atoms with van der Waals surface area (Å²) >= 11 is 1.77. The minimum absolute atomic E-state index is 0.234. The highest BCUT2D eigenvalue weighted by atomic mass is 32.2. The van der Waals surface area contributed by atoms with Crippen molar-refractivity contribution >= 4 is 23.4 Å². The van der Waals surface area contributed by atoms with Crippen LogP contribution >= 0.6 is 11.8 Å². The number of fused-ring (bicyclic) bond motifs is 1. The molecule has 5 nitrogen and oxygen atoms in total. The second kappa shape index (κ2) is 6.46. The van der Waals surface area contributed by atoms with Gasteiger partial charge in [0.05, 0.1) is 17.3 Å². The fraction of sp³-hybridized carbons (Fsp3) is 0.105. The molecule has 0 radical (unpaired) electrons. The van der Waals surface area contributed by atoms with E-state index in [0.717, 1.165) is 28.7 Å². The lowest BCUT2D eigenvalue weighted by molar-refractivity contribution is 0.102. The van der Waals surface area contributed by atoms with Crippen LogP contribution in [0.25, 0.3) is 11.3 Å². The van der Waals surface area contributed by atoms with Gasteiger partial charge in [-0.05, 0) is 30.3 Å². The average Bonchev–Trinajstić information content (AvgIpc) is 3.24. The standard InChI is InChI=1S/C19H14N4OS/c20-11-13-2-1-3-15(10-13)18(24)21-16-6-4-14(5-7-16)17-12-23-8-9-25-19(23)22-17/h1-7,10,12H,8-9H2,(H,21,24). The van der Waals surface area contributed by atoms with Crippen LogP contribution in [0, 0.1) is 11.3 Å². The van der Waals surface area contributed by atoms with Crippen molar-refractivity contribution in [1.82, 2.24) is 9.55 Å². The van der Waals surface area contributed by atoms with Gasteiger partial charge < -0.3 is 9.88 Å². The van der Waals surface area contributed by atoms with Crippen LogP contribution in [0.2, 0.25) is 0 Å². The Morgan fingerprint density at radius 3 is 2.84 bits per heavy atom. The molecule has 0 fully saturated rings. The van der Waals surface area contributed by atoms with Crippen LogP contribution < -0.4 is 5.32 Å². The summed E-state index contributed by atoms with van der Waals surface area (Å²) in [4.78, 5) is 16.9. The van der Waals surface area contributed by atoms with Gasteiger partial charge in [-0.15, -0.1) is 0 Å². The molecule has 0 aliphatic carbocycles. The molecule has 2 aromatic carbocycles. The monoisotopic (exact) mass is 346 g/mol. The number of rotatable bonds is 3. The van der Waals surface area contributed by atoms with Gasteiger partial charge >= 0.3 is 0 Å². The van der Waals surface area contributed by atoms with Crippen LogP contribution in [0.15, 0.2) is 59.9 Å². The second-order valence-electron chi connectivity index (χ2n) is 5.67. The molecule has 1 N–H and O–H groups in total. The molecule has 3 aromatic rings. The summed E-state index contributed by atoms with van der Waals surface area (Å²) in [5.41, 5.74) is 3.60. The van der Waals surface area contributed by atoms with E-state index in [4.69, 9.17) is 5.26 Å². The topological polar surface area (TPSA) is 70.7 Å². The molecule has 1 aromatic heterocycles. The maximum Gasteiger partial charge on any atom is 0.255 e. The van der Waals surface area contributed by atoms with E-state index < -0.39 is 0 Å². The molecule has 0 spiro atoms. The fourth-order valence-corrected chi connectivity index (χ4v) is 3.65. The Bertz CT molecular complexity index is 964. The zero-order chi connectivity index (χ0) is 17.2. The number of imidazole rings is 1. The number of nitrogens with one attached hydrogen (secondary N) is 1. The van der Waals surface area contributed by atoms with Crippen LogP contribution in [0.3, 0.4) is 0 Å². The SMILES string of the molecule is N#Cc1cccc(C(=O)Nc2ccc(-c3cn4c(n3)SCC4)cc2)c1. The van der Waals surface area contributed by atoms with E-state index in [1.807, 2.05) is 30.3 Å². The Morgan fingerprint density at radius 2 is 2.08 bits per heavy atom. The summed E-state index contributed by atoms with van der Waals surface area (Å²) in [5.74, 6) is 0.850. The second-order valence-corrected chi connectivity index (χ2v) is 6.74. The van der Waals surface area contributed by atoms with E-state index in [0.29, 0.717) is 16.8 Å². The Kier molecular flexibility index (Phi) is 4.00. The smallest absolute Gasteiger partial charge is 0.255 e. The first-order valence-corrected chi connectivity index (χ1v) is 8.83. The van der Waals surface area contributed by atoms with Gasteiger partial charge in [-0.1, -0.05) is 30.0 Å². The lowest BCUT2D eigenvalue weighted by Crippen LogP contribution is -2.11. The van der Waals surface area contributed by atoms with E-state index in [1.165, 1.54) is 0 Å². The van der Waals surface area contributed by atoms with Crippen LogP contribution in [-0.4, -0.2) is 21.2 Å². The van der Waals surface area contributed by atoms with Crippen molar-refractivity contribution in [3.63, 3.8) is 0 Å². The molecule has 0 bridgehead atoms. The molecule has 6 heteroatoms. The number of benzene rings is 2. The van der Waals surface area contributed by atoms with Gasteiger partial charge in [-0.3, -0.25) is 4.79 Å². The summed E-state index contributed by atoms with van der Waals surface area (Å²) in [5, 5.41) is 12.8. The molecule has 122 valence electrons. The number of nitriles is 1. The minimum Gasteiger partial charge on any atom is -0.325 e. The molecule has 25 heavy (non-hydrogen) atoms. The summed E-state index contributed by atoms with van der Waals surface area (Å²) in [6.07, 6.45) is 2.07. The third-order valence-electron chi connectivity index (χ3n) is 4.00. The minimum atomic E-state index is -0.234. The van der Waals surface area contributed by atoms with Gasteiger partial charge in [0.15, 0.2) is 5.16 Å². The molecule has 2 heterocycles. The maximum atomic E-state index is 12.3. The van der Waals surface area contributed by atoms with Gasteiger partial charge in [0.1, 0.15) is 0 Å². The number of thioether (sulfide) groups is 1. The van der Waals surface area contributed by atoms with Crippen molar-refractivity contribution in [1.29, 1.82) is 5.26 Å². The molecule has 1 aliphatic rings. The number of aromatic nitrogens is 2. The van der Waals surface area contributed by atoms with Crippen molar-refractivity contribution < 1.29 is 4.79 Å². The Hall–Kier alpha value is -3.04. The summed E-state index contributed by atoms with van der Waals surface area (Å²) in [7, 11) is 0. The Morgan fingerprint density at radius 1 is 1.24 bits per heavy atom. The first kappa shape index (κ1) is 15.5. The maximum absolute atomic E-state index is 12.3. The van der Waals surface area contributed by atoms with Crippen LogP contribution in [-0.2, 0) is 6.54 Å². The first-order chi connectivity index (χ1) is 12.2. The zero-order valence-electron chi connectivity index (χ0n) is 13.3. The average molecular weight is 346 g/mol. The van der Waals surface area contributed by atoms with E-state index in [2.05, 4.69) is 21.1 Å². The third kappa shape index (κ3) is 3.14. The van der Waals surface area contributed by atoms with Gasteiger partial charge in [-0.25, -0.2) is 4.98 Å². The molecular weight excluding hydrogens is 332 g/mol. The lowest BCUT2D eigenvalue weighted by Gasteiger charge is -2.06. The van der Waals surface area contributed by atoms with Gasteiger partial charge in [-0.2, -0.15) is 5.26 Å². The number of hydrogen-bond acceptors (Lipinski definition) is 4. The van der Waals surface area contributed by atoms with E-state index >= 15 is 0 Å². The van der Waals surface area contributed by atoms with Crippen molar-refractivity contribution in [2.45, 2.75) is 11.7 Å². The van der Waals surface area contributed by atoms with E-state index in [1.54, 1.807) is 36.0 Å². The number of carbonyl (C=O) groups excluding carboxylic acids is 1. The number of anilines is 1. The molecule has 1 amide bonds. The quantitative estimate of drug-likeness (QED) is 0.783. The van der Waals surface area contributed by atoms with Crippen LogP contribution in [0.4, 0.5) is 5.69 Å². The number of hydrogen-bond donors (Lipinski definition) is 1. The number of nitrogens with zero attached hydrogens (tertiary/aromatic N) is 3. The normalized spacial score (nSPS) is 12.4. The predicted octanol–water partition coefficient (Wildman–Crippen LogP) is 3.78. The van der Waals surface area contributed by atoms with Gasteiger partial charge in [0.2, 0.25) is 0 Å². The number of aryl methyl sites for hydroxylation is 1. The zero-order valence-corrected chi connectivity index (χ0v) is 14.1. The molecule has 4 rings (SSSR count). The van der Waals surface area contributed by atoms with Crippen molar-refractivity contribution in [3.8, 4) is 17.3 Å². The number of carbonyl (C=O) groups is 1. The highest BCUT2D eigenvalue weighted by Crippen LogP contribution is 2.29. The molecule has 1 aliphatic heterocycles. The van der Waals surface area contributed by atoms with E-state index in [9.17, 15) is 4.79 Å². The highest BCUT2D eigenvalue weighted by molar-refractivity contribution is 7.99. The van der Waals surface area contributed by atoms with Gasteiger partial charge in [0, 0.05) is 35.3 Å². The number of amides is 1. The van der Waals surface area contributed by atoms with Crippen molar-refractivity contribution in [2.24, 2.45) is 0 Å². The fourth-order valence-electron chi connectivity index (χ4n) is 2.71. The molecule has 0 atom stereocenters. The van der Waals surface area contributed by atoms with Crippen LogP contribution in [0.5, 0.6) is 0 Å². The lowest BCUT2D eigenvalue weighted by atomic mass is 10.1. The molecule has 0 saturated heterocycles. The van der Waals surface area contributed by atoms with Gasteiger partial charge in [0.25, 0.3) is 5.91 Å². The summed E-state index contributed by atoms with van der Waals surface area (Å²) < 4.78 is 2.16. The van der Waals surface area contributed by atoms with E-state index in [-0.39, 0.29) is 5.91 Å². The molecule has 0 unspecified atom stereocenters.